The maximum Gasteiger partial charge on any atom is 0.276 e. The summed E-state index contributed by atoms with van der Waals surface area (Å²) in [5.41, 5.74) is 1.48. The molecule has 0 bridgehead atoms. The van der Waals surface area contributed by atoms with Crippen molar-refractivity contribution in [2.75, 3.05) is 6.61 Å². The number of nitrogens with one attached hydrogen (secondary N) is 1. The van der Waals surface area contributed by atoms with Gasteiger partial charge in [-0.1, -0.05) is 0 Å². The number of H-pyrrole nitrogens is 1. The van der Waals surface area contributed by atoms with E-state index in [-0.39, 0.29) is 24.3 Å². The van der Waals surface area contributed by atoms with Crippen molar-refractivity contribution in [2.24, 2.45) is 0 Å². The highest BCUT2D eigenvalue weighted by Gasteiger charge is 2.11. The molecule has 0 amide bonds. The molecule has 0 saturated carbocycles. The molecule has 0 radical (unpaired) electrons. The van der Waals surface area contributed by atoms with Crippen LogP contribution < -0.4 is 5.56 Å². The standard InChI is InChI=1S/C10H10N4O2/c1-6-8(2-3-15)10(16)14-9(12-6)4-7(5-11)13-14/h4,13,15H,2-3H2,1H3. The fourth-order valence-electron chi connectivity index (χ4n) is 1.63. The van der Waals surface area contributed by atoms with Gasteiger partial charge >= 0.3 is 0 Å². The molecular formula is C10H10N4O2. The highest BCUT2D eigenvalue weighted by atomic mass is 16.3. The monoisotopic (exact) mass is 218 g/mol. The molecule has 16 heavy (non-hydrogen) atoms. The zero-order valence-corrected chi connectivity index (χ0v) is 8.69. The molecule has 0 aliphatic rings. The first-order chi connectivity index (χ1) is 7.67. The third kappa shape index (κ3) is 1.47. The number of nitrogens with zero attached hydrogens (tertiary/aromatic N) is 3. The first-order valence-electron chi connectivity index (χ1n) is 4.79. The average Bonchev–Trinajstić information content (AvgIpc) is 2.67. The molecule has 82 valence electrons. The largest absolute Gasteiger partial charge is 0.396 e. The Morgan fingerprint density at radius 1 is 1.69 bits per heavy atom. The minimum atomic E-state index is -0.266. The molecule has 2 N–H and O–H groups in total. The average molecular weight is 218 g/mol. The molecule has 2 aromatic heterocycles. The second-order valence-corrected chi connectivity index (χ2v) is 3.43. The number of aliphatic hydroxyl groups excluding tert-OH is 1. The molecule has 0 aliphatic heterocycles. The van der Waals surface area contributed by atoms with E-state index in [0.29, 0.717) is 16.9 Å². The maximum atomic E-state index is 11.9. The Morgan fingerprint density at radius 2 is 2.44 bits per heavy atom. The number of rotatable bonds is 2. The Hall–Kier alpha value is -2.13. The summed E-state index contributed by atoms with van der Waals surface area (Å²) in [7, 11) is 0. The van der Waals surface area contributed by atoms with E-state index in [9.17, 15) is 4.79 Å². The van der Waals surface area contributed by atoms with Crippen LogP contribution in [0.3, 0.4) is 0 Å². The lowest BCUT2D eigenvalue weighted by atomic mass is 10.2. The van der Waals surface area contributed by atoms with Crippen LogP contribution in [0.5, 0.6) is 0 Å². The molecule has 0 aliphatic carbocycles. The first-order valence-corrected chi connectivity index (χ1v) is 4.79. The Balaban J connectivity index is 2.77. The molecule has 6 nitrogen and oxygen atoms in total. The lowest BCUT2D eigenvalue weighted by molar-refractivity contribution is 0.298. The second kappa shape index (κ2) is 3.79. The lowest BCUT2D eigenvalue weighted by Crippen LogP contribution is -2.22. The van der Waals surface area contributed by atoms with Gasteiger partial charge in [0.2, 0.25) is 0 Å². The Bertz CT molecular complexity index is 633. The third-order valence-electron chi connectivity index (χ3n) is 2.40. The van der Waals surface area contributed by atoms with Crippen LogP contribution >= 0.6 is 0 Å². The molecule has 0 spiro atoms. The van der Waals surface area contributed by atoms with Crippen molar-refractivity contribution in [3.8, 4) is 6.07 Å². The Labute approximate surface area is 90.8 Å². The summed E-state index contributed by atoms with van der Waals surface area (Å²) in [6, 6.07) is 3.42. The molecule has 0 aromatic carbocycles. The molecule has 2 heterocycles. The highest BCUT2D eigenvalue weighted by molar-refractivity contribution is 5.44. The fraction of sp³-hybridized carbons (Fsp3) is 0.300. The molecule has 2 aromatic rings. The van der Waals surface area contributed by atoms with E-state index in [1.165, 1.54) is 10.6 Å². The van der Waals surface area contributed by atoms with Crippen molar-refractivity contribution in [1.82, 2.24) is 14.6 Å². The van der Waals surface area contributed by atoms with E-state index in [2.05, 4.69) is 10.1 Å². The maximum absolute atomic E-state index is 11.9. The van der Waals surface area contributed by atoms with Gasteiger partial charge in [-0.2, -0.15) is 5.26 Å². The summed E-state index contributed by atoms with van der Waals surface area (Å²) < 4.78 is 1.22. The molecule has 0 atom stereocenters. The van der Waals surface area contributed by atoms with Crippen molar-refractivity contribution >= 4 is 5.65 Å². The van der Waals surface area contributed by atoms with Gasteiger partial charge in [0.1, 0.15) is 11.8 Å². The van der Waals surface area contributed by atoms with Gasteiger partial charge in [0, 0.05) is 30.4 Å². The fourth-order valence-corrected chi connectivity index (χ4v) is 1.63. The van der Waals surface area contributed by atoms with Gasteiger partial charge in [0.05, 0.1) is 0 Å². The van der Waals surface area contributed by atoms with Crippen LogP contribution in [0, 0.1) is 18.3 Å². The number of hydrogen-bond acceptors (Lipinski definition) is 4. The van der Waals surface area contributed by atoms with Gasteiger partial charge in [-0.05, 0) is 6.92 Å². The van der Waals surface area contributed by atoms with Crippen LogP contribution in [-0.4, -0.2) is 26.3 Å². The van der Waals surface area contributed by atoms with Crippen molar-refractivity contribution in [3.63, 3.8) is 0 Å². The van der Waals surface area contributed by atoms with E-state index in [1.54, 1.807) is 6.92 Å². The van der Waals surface area contributed by atoms with Crippen molar-refractivity contribution in [2.45, 2.75) is 13.3 Å². The Kier molecular flexibility index (Phi) is 2.46. The molecule has 6 heteroatoms. The van der Waals surface area contributed by atoms with Crippen molar-refractivity contribution in [1.29, 1.82) is 5.26 Å². The molecule has 0 unspecified atom stereocenters. The van der Waals surface area contributed by atoms with Crippen LogP contribution in [0.25, 0.3) is 5.65 Å². The highest BCUT2D eigenvalue weighted by Crippen LogP contribution is 2.05. The van der Waals surface area contributed by atoms with E-state index in [0.717, 1.165) is 0 Å². The number of fused-ring (bicyclic) bond motifs is 1. The summed E-state index contributed by atoms with van der Waals surface area (Å²) in [4.78, 5) is 16.1. The van der Waals surface area contributed by atoms with Crippen LogP contribution in [0.15, 0.2) is 10.9 Å². The topological polar surface area (TPSA) is 94.2 Å². The van der Waals surface area contributed by atoms with E-state index < -0.39 is 0 Å². The minimum Gasteiger partial charge on any atom is -0.396 e. The minimum absolute atomic E-state index is 0.102. The summed E-state index contributed by atoms with van der Waals surface area (Å²) in [5, 5.41) is 20.2. The number of nitriles is 1. The summed E-state index contributed by atoms with van der Waals surface area (Å²) in [6.45, 7) is 1.61. The number of aromatic nitrogens is 3. The zero-order chi connectivity index (χ0) is 11.7. The molecule has 0 saturated heterocycles. The van der Waals surface area contributed by atoms with E-state index >= 15 is 0 Å². The van der Waals surface area contributed by atoms with Gasteiger partial charge < -0.3 is 5.11 Å². The van der Waals surface area contributed by atoms with Gasteiger partial charge in [-0.25, -0.2) is 9.50 Å². The van der Waals surface area contributed by atoms with Crippen molar-refractivity contribution in [3.05, 3.63) is 33.4 Å². The van der Waals surface area contributed by atoms with Crippen LogP contribution in [0.4, 0.5) is 0 Å². The summed E-state index contributed by atoms with van der Waals surface area (Å²) >= 11 is 0. The van der Waals surface area contributed by atoms with Crippen LogP contribution in [0.1, 0.15) is 17.0 Å². The molecule has 0 fully saturated rings. The number of aromatic amines is 1. The Morgan fingerprint density at radius 3 is 3.06 bits per heavy atom. The van der Waals surface area contributed by atoms with E-state index in [4.69, 9.17) is 10.4 Å². The SMILES string of the molecule is Cc1nc2cc(C#N)[nH]n2c(=O)c1CCO. The molecule has 2 rings (SSSR count). The lowest BCUT2D eigenvalue weighted by Gasteiger charge is -2.02. The third-order valence-corrected chi connectivity index (χ3v) is 2.40. The zero-order valence-electron chi connectivity index (χ0n) is 8.69. The van der Waals surface area contributed by atoms with Crippen molar-refractivity contribution < 1.29 is 5.11 Å². The van der Waals surface area contributed by atoms with Gasteiger partial charge in [-0.3, -0.25) is 9.89 Å². The summed E-state index contributed by atoms with van der Waals surface area (Å²) in [6.07, 6.45) is 0.265. The van der Waals surface area contributed by atoms with Gasteiger partial charge in [0.15, 0.2) is 5.65 Å². The number of hydrogen-bond donors (Lipinski definition) is 2. The number of aryl methyl sites for hydroxylation is 1. The first kappa shape index (κ1) is 10.4. The second-order valence-electron chi connectivity index (χ2n) is 3.43. The predicted molar refractivity (Wildman–Crippen MR) is 56.1 cm³/mol. The quantitative estimate of drug-likeness (QED) is 0.725. The van der Waals surface area contributed by atoms with Gasteiger partial charge in [-0.15, -0.1) is 0 Å². The smallest absolute Gasteiger partial charge is 0.276 e. The predicted octanol–water partition coefficient (Wildman–Crippen LogP) is -0.263. The summed E-state index contributed by atoms with van der Waals surface area (Å²) in [5.74, 6) is 0. The van der Waals surface area contributed by atoms with E-state index in [1.807, 2.05) is 6.07 Å². The van der Waals surface area contributed by atoms with Crippen LogP contribution in [0.2, 0.25) is 0 Å². The molecular weight excluding hydrogens is 208 g/mol. The van der Waals surface area contributed by atoms with Crippen LogP contribution in [-0.2, 0) is 6.42 Å². The van der Waals surface area contributed by atoms with Gasteiger partial charge in [0.25, 0.3) is 5.56 Å². The number of aliphatic hydroxyl groups is 1. The normalized spacial score (nSPS) is 10.6.